The molecule has 0 spiro atoms. The maximum atomic E-state index is 14.3. The molecule has 0 bridgehead atoms. The Morgan fingerprint density at radius 3 is 2.33 bits per heavy atom. The second-order valence-electron chi connectivity index (χ2n) is 5.86. The van der Waals surface area contributed by atoms with Crippen molar-refractivity contribution in [3.05, 3.63) is 89.7 Å². The lowest BCUT2D eigenvalue weighted by Gasteiger charge is -2.08. The Balaban J connectivity index is 1.78. The summed E-state index contributed by atoms with van der Waals surface area (Å²) in [4.78, 5) is 3.96. The van der Waals surface area contributed by atoms with Crippen molar-refractivity contribution in [2.24, 2.45) is 0 Å². The topological polar surface area (TPSA) is 38.7 Å². The molecule has 4 aromatic rings. The lowest BCUT2D eigenvalue weighted by molar-refractivity contribution is 0.611. The van der Waals surface area contributed by atoms with Crippen LogP contribution in [0.5, 0.6) is 0 Å². The summed E-state index contributed by atoms with van der Waals surface area (Å²) in [5.74, 6) is -1.13. The van der Waals surface area contributed by atoms with Crippen LogP contribution in [0.25, 0.3) is 33.6 Å². The fraction of sp³-hybridized carbons (Fsp3) is 0. The van der Waals surface area contributed by atoms with Crippen molar-refractivity contribution in [1.29, 1.82) is 0 Å². The van der Waals surface area contributed by atoms with Crippen molar-refractivity contribution in [3.8, 4) is 33.6 Å². The van der Waals surface area contributed by atoms with Gasteiger partial charge in [-0.15, -0.1) is 0 Å². The quantitative estimate of drug-likeness (QED) is 0.451. The lowest BCUT2D eigenvalue weighted by atomic mass is 10.0. The van der Waals surface area contributed by atoms with Gasteiger partial charge in [-0.1, -0.05) is 29.8 Å². The molecule has 0 radical (unpaired) electrons. The molecule has 0 aliphatic heterocycles. The minimum Gasteiger partial charge on any atom is -0.253 e. The third kappa shape index (κ3) is 3.55. The van der Waals surface area contributed by atoms with Crippen molar-refractivity contribution in [1.82, 2.24) is 15.2 Å². The molecule has 132 valence electrons. The molecular formula is C21H12ClF2N3. The molecule has 0 saturated heterocycles. The smallest absolute Gasteiger partial charge is 0.149 e. The number of nitrogens with zero attached hydrogens (tertiary/aromatic N) is 3. The van der Waals surface area contributed by atoms with Crippen molar-refractivity contribution >= 4 is 11.6 Å². The SMILES string of the molecule is Fc1ccc(-c2cnnc(-c3ccc(Cl)cc3)c2)cc1-c1ncccc1F. The van der Waals surface area contributed by atoms with Crippen LogP contribution in [-0.2, 0) is 0 Å². The van der Waals surface area contributed by atoms with Gasteiger partial charge in [-0.05, 0) is 48.0 Å². The summed E-state index contributed by atoms with van der Waals surface area (Å²) in [6.07, 6.45) is 3.00. The number of hydrogen-bond acceptors (Lipinski definition) is 3. The predicted molar refractivity (Wildman–Crippen MR) is 101 cm³/mol. The van der Waals surface area contributed by atoms with Gasteiger partial charge in [0.25, 0.3) is 0 Å². The van der Waals surface area contributed by atoms with Crippen molar-refractivity contribution in [3.63, 3.8) is 0 Å². The minimum atomic E-state index is -0.580. The van der Waals surface area contributed by atoms with Crippen LogP contribution < -0.4 is 0 Å². The van der Waals surface area contributed by atoms with Crippen LogP contribution in [0.2, 0.25) is 5.02 Å². The zero-order valence-corrected chi connectivity index (χ0v) is 14.7. The van der Waals surface area contributed by atoms with E-state index in [1.165, 1.54) is 24.4 Å². The molecule has 6 heteroatoms. The highest BCUT2D eigenvalue weighted by atomic mass is 35.5. The highest BCUT2D eigenvalue weighted by Crippen LogP contribution is 2.30. The summed E-state index contributed by atoms with van der Waals surface area (Å²) in [6, 6.07) is 16.2. The minimum absolute atomic E-state index is 0.0307. The fourth-order valence-corrected chi connectivity index (χ4v) is 2.88. The predicted octanol–water partition coefficient (Wildman–Crippen LogP) is 5.80. The second kappa shape index (κ2) is 7.21. The van der Waals surface area contributed by atoms with E-state index in [4.69, 9.17) is 11.6 Å². The van der Waals surface area contributed by atoms with E-state index in [2.05, 4.69) is 15.2 Å². The van der Waals surface area contributed by atoms with Crippen molar-refractivity contribution < 1.29 is 8.78 Å². The molecule has 3 nitrogen and oxygen atoms in total. The summed E-state index contributed by atoms with van der Waals surface area (Å²) >= 11 is 5.92. The maximum Gasteiger partial charge on any atom is 0.149 e. The first-order chi connectivity index (χ1) is 13.1. The Morgan fingerprint density at radius 1 is 0.778 bits per heavy atom. The Labute approximate surface area is 159 Å². The fourth-order valence-electron chi connectivity index (χ4n) is 2.76. The van der Waals surface area contributed by atoms with Gasteiger partial charge >= 0.3 is 0 Å². The van der Waals surface area contributed by atoms with Gasteiger partial charge in [0.05, 0.1) is 11.9 Å². The highest BCUT2D eigenvalue weighted by molar-refractivity contribution is 6.30. The standard InChI is InChI=1S/C21H12ClF2N3/c22-16-6-3-13(4-7-16)20-11-15(12-26-27-20)14-5-8-18(23)17(10-14)21-19(24)2-1-9-25-21/h1-12H. The normalized spacial score (nSPS) is 10.8. The first-order valence-corrected chi connectivity index (χ1v) is 8.49. The van der Waals surface area contributed by atoms with E-state index in [1.807, 2.05) is 18.2 Å². The number of rotatable bonds is 3. The first-order valence-electron chi connectivity index (χ1n) is 8.11. The van der Waals surface area contributed by atoms with Crippen LogP contribution in [0.4, 0.5) is 8.78 Å². The third-order valence-corrected chi connectivity index (χ3v) is 4.36. The molecule has 0 saturated carbocycles. The molecule has 0 aliphatic rings. The summed E-state index contributed by atoms with van der Waals surface area (Å²) in [6.45, 7) is 0. The Kier molecular flexibility index (Phi) is 4.60. The van der Waals surface area contributed by atoms with Gasteiger partial charge in [-0.3, -0.25) is 4.98 Å². The molecule has 0 unspecified atom stereocenters. The average molecular weight is 380 g/mol. The molecule has 2 aromatic heterocycles. The Bertz CT molecular complexity index is 1110. The molecule has 2 aromatic carbocycles. The van der Waals surface area contributed by atoms with E-state index < -0.39 is 11.6 Å². The third-order valence-electron chi connectivity index (χ3n) is 4.11. The number of benzene rings is 2. The van der Waals surface area contributed by atoms with Gasteiger partial charge in [0.2, 0.25) is 0 Å². The summed E-state index contributed by atoms with van der Waals surface area (Å²) in [7, 11) is 0. The molecule has 4 rings (SSSR count). The van der Waals surface area contributed by atoms with Crippen LogP contribution in [-0.4, -0.2) is 15.2 Å². The van der Waals surface area contributed by atoms with E-state index >= 15 is 0 Å². The van der Waals surface area contributed by atoms with Crippen LogP contribution in [0.15, 0.2) is 73.1 Å². The number of aromatic nitrogens is 3. The van der Waals surface area contributed by atoms with Crippen molar-refractivity contribution in [2.45, 2.75) is 0 Å². The van der Waals surface area contributed by atoms with E-state index in [0.29, 0.717) is 16.3 Å². The average Bonchev–Trinajstić information content (AvgIpc) is 2.70. The van der Waals surface area contributed by atoms with Gasteiger partial charge in [0.1, 0.15) is 17.3 Å². The molecule has 0 aliphatic carbocycles. The summed E-state index contributed by atoms with van der Waals surface area (Å²) in [5, 5.41) is 8.80. The van der Waals surface area contributed by atoms with Gasteiger partial charge in [-0.25, -0.2) is 8.78 Å². The highest BCUT2D eigenvalue weighted by Gasteiger charge is 2.13. The van der Waals surface area contributed by atoms with Gasteiger partial charge < -0.3 is 0 Å². The first kappa shape index (κ1) is 17.2. The van der Waals surface area contributed by atoms with E-state index in [-0.39, 0.29) is 11.3 Å². The molecule has 0 N–H and O–H groups in total. The lowest BCUT2D eigenvalue weighted by Crippen LogP contribution is -1.94. The van der Waals surface area contributed by atoms with Crippen LogP contribution >= 0.6 is 11.6 Å². The van der Waals surface area contributed by atoms with Crippen LogP contribution in [0.3, 0.4) is 0 Å². The molecule has 2 heterocycles. The molecule has 0 atom stereocenters. The summed E-state index contributed by atoms with van der Waals surface area (Å²) in [5.41, 5.74) is 2.98. The van der Waals surface area contributed by atoms with Gasteiger partial charge in [0.15, 0.2) is 0 Å². The largest absolute Gasteiger partial charge is 0.253 e. The maximum absolute atomic E-state index is 14.3. The summed E-state index contributed by atoms with van der Waals surface area (Å²) < 4.78 is 28.3. The van der Waals surface area contributed by atoms with Crippen molar-refractivity contribution in [2.75, 3.05) is 0 Å². The second-order valence-corrected chi connectivity index (χ2v) is 6.30. The zero-order valence-electron chi connectivity index (χ0n) is 13.9. The number of hydrogen-bond donors (Lipinski definition) is 0. The number of pyridine rings is 1. The number of halogens is 3. The van der Waals surface area contributed by atoms with Crippen LogP contribution in [0.1, 0.15) is 0 Å². The van der Waals surface area contributed by atoms with Gasteiger partial charge in [0, 0.05) is 27.9 Å². The molecular weight excluding hydrogens is 368 g/mol. The Hall–Kier alpha value is -3.18. The molecule has 27 heavy (non-hydrogen) atoms. The molecule has 0 amide bonds. The van der Waals surface area contributed by atoms with E-state index in [1.54, 1.807) is 30.5 Å². The van der Waals surface area contributed by atoms with E-state index in [9.17, 15) is 8.78 Å². The Morgan fingerprint density at radius 2 is 1.56 bits per heavy atom. The van der Waals surface area contributed by atoms with E-state index in [0.717, 1.165) is 11.1 Å². The van der Waals surface area contributed by atoms with Gasteiger partial charge in [-0.2, -0.15) is 10.2 Å². The molecule has 0 fully saturated rings. The van der Waals surface area contributed by atoms with Crippen LogP contribution in [0, 0.1) is 11.6 Å². The monoisotopic (exact) mass is 379 g/mol. The zero-order chi connectivity index (χ0) is 18.8.